The summed E-state index contributed by atoms with van der Waals surface area (Å²) in [5, 5.41) is 0. The van der Waals surface area contributed by atoms with E-state index in [0.29, 0.717) is 49.5 Å². The molecule has 1 unspecified atom stereocenters. The van der Waals surface area contributed by atoms with Crippen molar-refractivity contribution in [2.75, 3.05) is 41.6 Å². The summed E-state index contributed by atoms with van der Waals surface area (Å²) < 4.78 is 39.5. The number of anilines is 2. The van der Waals surface area contributed by atoms with E-state index in [2.05, 4.69) is 0 Å². The van der Waals surface area contributed by atoms with Crippen LogP contribution < -0.4 is 9.21 Å². The molecule has 0 aliphatic carbocycles. The maximum absolute atomic E-state index is 14.0. The zero-order valence-corrected chi connectivity index (χ0v) is 17.3. The van der Waals surface area contributed by atoms with E-state index in [1.54, 1.807) is 35.2 Å². The molecular formula is C21H24FN3O3S. The summed E-state index contributed by atoms with van der Waals surface area (Å²) in [5.74, 6) is -0.332. The maximum atomic E-state index is 14.0. The van der Waals surface area contributed by atoms with E-state index in [0.717, 1.165) is 5.56 Å². The lowest BCUT2D eigenvalue weighted by Gasteiger charge is -2.36. The van der Waals surface area contributed by atoms with Crippen molar-refractivity contribution in [3.8, 4) is 0 Å². The molecule has 2 aliphatic heterocycles. The predicted molar refractivity (Wildman–Crippen MR) is 111 cm³/mol. The van der Waals surface area contributed by atoms with Crippen LogP contribution in [-0.2, 0) is 16.4 Å². The van der Waals surface area contributed by atoms with Gasteiger partial charge in [0.25, 0.3) is 5.91 Å². The highest BCUT2D eigenvalue weighted by molar-refractivity contribution is 7.92. The summed E-state index contributed by atoms with van der Waals surface area (Å²) in [5.41, 5.74) is 2.65. The second kappa shape index (κ2) is 7.33. The average Bonchev–Trinajstić information content (AvgIpc) is 3.03. The van der Waals surface area contributed by atoms with Crippen LogP contribution in [0.4, 0.5) is 15.8 Å². The smallest absolute Gasteiger partial charge is 0.253 e. The van der Waals surface area contributed by atoms with Gasteiger partial charge in [0.1, 0.15) is 5.82 Å². The largest absolute Gasteiger partial charge is 0.366 e. The molecule has 0 aromatic heterocycles. The van der Waals surface area contributed by atoms with Crippen LogP contribution in [0.2, 0.25) is 0 Å². The Morgan fingerprint density at radius 2 is 1.72 bits per heavy atom. The monoisotopic (exact) mass is 417 g/mol. The number of sulfonamides is 1. The Kier molecular flexibility index (Phi) is 4.98. The highest BCUT2D eigenvalue weighted by atomic mass is 32.2. The highest BCUT2D eigenvalue weighted by Crippen LogP contribution is 2.35. The highest BCUT2D eigenvalue weighted by Gasteiger charge is 2.33. The van der Waals surface area contributed by atoms with E-state index in [9.17, 15) is 17.6 Å². The Hall–Kier alpha value is -2.61. The number of halogens is 1. The molecule has 2 heterocycles. The van der Waals surface area contributed by atoms with Gasteiger partial charge in [0.05, 0.1) is 17.6 Å². The number of benzene rings is 2. The van der Waals surface area contributed by atoms with Crippen LogP contribution in [0.1, 0.15) is 22.8 Å². The quantitative estimate of drug-likeness (QED) is 0.770. The molecule has 29 heavy (non-hydrogen) atoms. The lowest BCUT2D eigenvalue weighted by atomic mass is 10.1. The fraction of sp³-hybridized carbons (Fsp3) is 0.381. The third kappa shape index (κ3) is 3.69. The van der Waals surface area contributed by atoms with Crippen LogP contribution in [0, 0.1) is 5.82 Å². The summed E-state index contributed by atoms with van der Waals surface area (Å²) in [4.78, 5) is 16.7. The molecule has 0 saturated carbocycles. The molecule has 2 aromatic rings. The standard InChI is InChI=1S/C21H24FN3O3S/c1-15-13-17-14-16(7-8-19(17)25(15)29(2,27)28)21(26)24-11-9-23(10-12-24)20-6-4-3-5-18(20)22/h3-8,14-15H,9-13H2,1-2H3. The van der Waals surface area contributed by atoms with E-state index in [-0.39, 0.29) is 17.8 Å². The molecule has 154 valence electrons. The van der Waals surface area contributed by atoms with Crippen LogP contribution in [0.15, 0.2) is 42.5 Å². The molecule has 6 nitrogen and oxygen atoms in total. The minimum absolute atomic E-state index is 0.0774. The topological polar surface area (TPSA) is 60.9 Å². The molecular weight excluding hydrogens is 393 g/mol. The lowest BCUT2D eigenvalue weighted by molar-refractivity contribution is 0.0746. The SMILES string of the molecule is CC1Cc2cc(C(=O)N3CCN(c4ccccc4F)CC3)ccc2N1S(C)(=O)=O. The van der Waals surface area contributed by atoms with Gasteiger partial charge in [0.15, 0.2) is 0 Å². The van der Waals surface area contributed by atoms with Gasteiger partial charge in [0, 0.05) is 37.8 Å². The molecule has 0 N–H and O–H groups in total. The molecule has 1 fully saturated rings. The van der Waals surface area contributed by atoms with Gasteiger partial charge in [-0.15, -0.1) is 0 Å². The van der Waals surface area contributed by atoms with Gasteiger partial charge < -0.3 is 9.80 Å². The first-order chi connectivity index (χ1) is 13.8. The van der Waals surface area contributed by atoms with Crippen LogP contribution in [0.25, 0.3) is 0 Å². The van der Waals surface area contributed by atoms with Crippen LogP contribution in [0.5, 0.6) is 0 Å². The summed E-state index contributed by atoms with van der Waals surface area (Å²) in [6.45, 7) is 4.02. The zero-order chi connectivity index (χ0) is 20.8. The number of piperazine rings is 1. The van der Waals surface area contributed by atoms with Crippen molar-refractivity contribution in [3.05, 3.63) is 59.4 Å². The summed E-state index contributed by atoms with van der Waals surface area (Å²) in [6.07, 6.45) is 1.79. The first-order valence-electron chi connectivity index (χ1n) is 9.67. The molecule has 8 heteroatoms. The van der Waals surface area contributed by atoms with E-state index in [4.69, 9.17) is 0 Å². The van der Waals surface area contributed by atoms with Gasteiger partial charge in [-0.3, -0.25) is 9.10 Å². The van der Waals surface area contributed by atoms with Crippen molar-refractivity contribution in [1.82, 2.24) is 4.90 Å². The van der Waals surface area contributed by atoms with Crippen molar-refractivity contribution < 1.29 is 17.6 Å². The number of hydrogen-bond donors (Lipinski definition) is 0. The minimum Gasteiger partial charge on any atom is -0.366 e. The molecule has 1 saturated heterocycles. The van der Waals surface area contributed by atoms with Gasteiger partial charge in [-0.05, 0) is 49.2 Å². The molecule has 1 atom stereocenters. The lowest BCUT2D eigenvalue weighted by Crippen LogP contribution is -2.49. The number of hydrogen-bond acceptors (Lipinski definition) is 4. The van der Waals surface area contributed by atoms with Gasteiger partial charge in [-0.25, -0.2) is 12.8 Å². The maximum Gasteiger partial charge on any atom is 0.253 e. The number of amides is 1. The zero-order valence-electron chi connectivity index (χ0n) is 16.5. The third-order valence-corrected chi connectivity index (χ3v) is 6.87. The number of para-hydroxylation sites is 1. The predicted octanol–water partition coefficient (Wildman–Crippen LogP) is 2.50. The first kappa shape index (κ1) is 19.7. The molecule has 1 amide bonds. The van der Waals surface area contributed by atoms with Crippen LogP contribution in [-0.4, -0.2) is 57.7 Å². The van der Waals surface area contributed by atoms with Crippen molar-refractivity contribution in [1.29, 1.82) is 0 Å². The molecule has 2 aliphatic rings. The Balaban J connectivity index is 1.48. The van der Waals surface area contributed by atoms with Crippen molar-refractivity contribution in [2.24, 2.45) is 0 Å². The second-order valence-electron chi connectivity index (χ2n) is 7.69. The Labute approximate surface area is 170 Å². The normalized spacial score (nSPS) is 19.4. The Morgan fingerprint density at radius 1 is 1.03 bits per heavy atom. The van der Waals surface area contributed by atoms with Crippen LogP contribution >= 0.6 is 0 Å². The fourth-order valence-electron chi connectivity index (χ4n) is 4.28. The van der Waals surface area contributed by atoms with Crippen LogP contribution in [0.3, 0.4) is 0 Å². The molecule has 0 radical (unpaired) electrons. The minimum atomic E-state index is -3.35. The fourth-order valence-corrected chi connectivity index (χ4v) is 5.55. The molecule has 4 rings (SSSR count). The number of rotatable bonds is 3. The van der Waals surface area contributed by atoms with Gasteiger partial charge >= 0.3 is 0 Å². The Morgan fingerprint density at radius 3 is 2.38 bits per heavy atom. The molecule has 2 aromatic carbocycles. The number of carbonyl (C=O) groups is 1. The van der Waals surface area contributed by atoms with E-state index in [1.165, 1.54) is 16.6 Å². The Bertz CT molecular complexity index is 1050. The summed E-state index contributed by atoms with van der Waals surface area (Å²) in [6, 6.07) is 11.7. The van der Waals surface area contributed by atoms with Crippen molar-refractivity contribution in [2.45, 2.75) is 19.4 Å². The second-order valence-corrected chi connectivity index (χ2v) is 9.55. The van der Waals surface area contributed by atoms with Crippen molar-refractivity contribution >= 4 is 27.3 Å². The number of nitrogens with zero attached hydrogens (tertiary/aromatic N) is 3. The van der Waals surface area contributed by atoms with Gasteiger partial charge in [-0.1, -0.05) is 12.1 Å². The van der Waals surface area contributed by atoms with Gasteiger partial charge in [0.2, 0.25) is 10.0 Å². The first-order valence-corrected chi connectivity index (χ1v) is 11.5. The third-order valence-electron chi connectivity index (χ3n) is 5.60. The summed E-state index contributed by atoms with van der Waals surface area (Å²) in [7, 11) is -3.35. The number of fused-ring (bicyclic) bond motifs is 1. The van der Waals surface area contributed by atoms with E-state index < -0.39 is 10.0 Å². The molecule has 0 bridgehead atoms. The van der Waals surface area contributed by atoms with E-state index in [1.807, 2.05) is 17.9 Å². The van der Waals surface area contributed by atoms with Gasteiger partial charge in [-0.2, -0.15) is 0 Å². The summed E-state index contributed by atoms with van der Waals surface area (Å²) >= 11 is 0. The van der Waals surface area contributed by atoms with Crippen molar-refractivity contribution in [3.63, 3.8) is 0 Å². The molecule has 0 spiro atoms. The number of carbonyl (C=O) groups excluding carboxylic acids is 1. The van der Waals surface area contributed by atoms with E-state index >= 15 is 0 Å². The average molecular weight is 418 g/mol.